The number of nitriles is 2. The van der Waals surface area contributed by atoms with Gasteiger partial charge < -0.3 is 0 Å². The van der Waals surface area contributed by atoms with Gasteiger partial charge in [0.1, 0.15) is 17.5 Å². The van der Waals surface area contributed by atoms with E-state index in [0.717, 1.165) is 0 Å². The molecular formula is C10H4F5N3. The molecule has 0 N–H and O–H groups in total. The zero-order valence-corrected chi connectivity index (χ0v) is 8.59. The second kappa shape index (κ2) is 4.96. The summed E-state index contributed by atoms with van der Waals surface area (Å²) in [4.78, 5) is 2.85. The van der Waals surface area contributed by atoms with Crippen molar-refractivity contribution in [2.75, 3.05) is 0 Å². The molecule has 0 aliphatic rings. The van der Waals surface area contributed by atoms with Gasteiger partial charge in [0.2, 0.25) is 0 Å². The molecule has 0 saturated carbocycles. The molecule has 1 heterocycles. The van der Waals surface area contributed by atoms with Gasteiger partial charge >= 0.3 is 6.18 Å². The molecule has 0 amide bonds. The Kier molecular flexibility index (Phi) is 3.82. The fourth-order valence-electron chi connectivity index (χ4n) is 1.31. The predicted octanol–water partition coefficient (Wildman–Crippen LogP) is 2.98. The summed E-state index contributed by atoms with van der Waals surface area (Å²) in [5.74, 6) is 0. The molecule has 8 heteroatoms. The third-order valence-corrected chi connectivity index (χ3v) is 2.03. The number of halogens is 5. The van der Waals surface area contributed by atoms with Crippen molar-refractivity contribution in [1.29, 1.82) is 10.5 Å². The van der Waals surface area contributed by atoms with Crippen molar-refractivity contribution < 1.29 is 22.0 Å². The van der Waals surface area contributed by atoms with Gasteiger partial charge in [0.05, 0.1) is 18.1 Å². The Labute approximate surface area is 98.1 Å². The van der Waals surface area contributed by atoms with E-state index in [2.05, 4.69) is 4.98 Å². The Bertz CT molecular complexity index is 536. The number of nitrogens with zero attached hydrogens (tertiary/aromatic N) is 3. The summed E-state index contributed by atoms with van der Waals surface area (Å²) in [5.41, 5.74) is -3.93. The minimum absolute atomic E-state index is 0.367. The molecule has 0 atom stereocenters. The first-order chi connectivity index (χ1) is 8.31. The van der Waals surface area contributed by atoms with Crippen LogP contribution in [-0.4, -0.2) is 4.98 Å². The minimum Gasteiger partial charge on any atom is -0.232 e. The SMILES string of the molecule is N#CCc1cc(C(F)(F)F)nc(C#N)c1C(F)F. The van der Waals surface area contributed by atoms with E-state index < -0.39 is 41.5 Å². The fourth-order valence-corrected chi connectivity index (χ4v) is 1.31. The molecule has 18 heavy (non-hydrogen) atoms. The van der Waals surface area contributed by atoms with Crippen LogP contribution in [0.1, 0.15) is 28.9 Å². The van der Waals surface area contributed by atoms with Crippen LogP contribution in [0.3, 0.4) is 0 Å². The van der Waals surface area contributed by atoms with E-state index in [9.17, 15) is 22.0 Å². The number of alkyl halides is 5. The number of hydrogen-bond donors (Lipinski definition) is 0. The smallest absolute Gasteiger partial charge is 0.232 e. The van der Waals surface area contributed by atoms with Crippen LogP contribution in [0.25, 0.3) is 0 Å². The zero-order valence-electron chi connectivity index (χ0n) is 8.59. The topological polar surface area (TPSA) is 60.5 Å². The molecule has 0 saturated heterocycles. The molecule has 0 bridgehead atoms. The summed E-state index contributed by atoms with van der Waals surface area (Å²) in [5, 5.41) is 17.0. The molecule has 0 unspecified atom stereocenters. The number of hydrogen-bond acceptors (Lipinski definition) is 3. The first-order valence-electron chi connectivity index (χ1n) is 4.47. The van der Waals surface area contributed by atoms with Gasteiger partial charge in [-0.3, -0.25) is 0 Å². The van der Waals surface area contributed by atoms with Gasteiger partial charge in [-0.15, -0.1) is 0 Å². The lowest BCUT2D eigenvalue weighted by molar-refractivity contribution is -0.141. The van der Waals surface area contributed by atoms with E-state index in [4.69, 9.17) is 10.5 Å². The average molecular weight is 261 g/mol. The molecule has 94 valence electrons. The first-order valence-corrected chi connectivity index (χ1v) is 4.47. The zero-order chi connectivity index (χ0) is 13.9. The predicted molar refractivity (Wildman–Crippen MR) is 48.2 cm³/mol. The van der Waals surface area contributed by atoms with E-state index in [1.165, 1.54) is 12.1 Å². The average Bonchev–Trinajstić information content (AvgIpc) is 2.26. The summed E-state index contributed by atoms with van der Waals surface area (Å²) >= 11 is 0. The molecule has 1 aromatic rings. The van der Waals surface area contributed by atoms with Crippen molar-refractivity contribution in [3.05, 3.63) is 28.6 Å². The molecular weight excluding hydrogens is 257 g/mol. The Morgan fingerprint density at radius 2 is 1.89 bits per heavy atom. The largest absolute Gasteiger partial charge is 0.433 e. The van der Waals surface area contributed by atoms with Crippen LogP contribution in [0.2, 0.25) is 0 Å². The third kappa shape index (κ3) is 2.72. The molecule has 3 nitrogen and oxygen atoms in total. The number of rotatable bonds is 2. The maximum atomic E-state index is 12.6. The molecule has 0 radical (unpaired) electrons. The van der Waals surface area contributed by atoms with Crippen molar-refractivity contribution in [2.24, 2.45) is 0 Å². The van der Waals surface area contributed by atoms with Gasteiger partial charge in [0.15, 0.2) is 0 Å². The van der Waals surface area contributed by atoms with Crippen molar-refractivity contribution >= 4 is 0 Å². The standard InChI is InChI=1S/C10H4F5N3/c11-9(12)8-5(1-2-16)3-7(10(13,14)15)18-6(8)4-17/h3,9H,1H2. The molecule has 0 spiro atoms. The maximum Gasteiger partial charge on any atom is 0.433 e. The van der Waals surface area contributed by atoms with Crippen molar-refractivity contribution in [2.45, 2.75) is 19.0 Å². The molecule has 0 aliphatic heterocycles. The highest BCUT2D eigenvalue weighted by Crippen LogP contribution is 2.33. The normalized spacial score (nSPS) is 11.1. The van der Waals surface area contributed by atoms with Crippen molar-refractivity contribution in [1.82, 2.24) is 4.98 Å². The Morgan fingerprint density at radius 1 is 1.28 bits per heavy atom. The second-order valence-corrected chi connectivity index (χ2v) is 3.17. The Hall–Kier alpha value is -2.22. The summed E-state index contributed by atoms with van der Waals surface area (Å²) in [6.45, 7) is 0. The highest BCUT2D eigenvalue weighted by Gasteiger charge is 2.35. The monoisotopic (exact) mass is 261 g/mol. The van der Waals surface area contributed by atoms with Crippen molar-refractivity contribution in [3.8, 4) is 12.1 Å². The summed E-state index contributed by atoms with van der Waals surface area (Å²) in [6, 6.07) is 3.03. The van der Waals surface area contributed by atoms with Crippen molar-refractivity contribution in [3.63, 3.8) is 0 Å². The van der Waals surface area contributed by atoms with Gasteiger partial charge in [0.25, 0.3) is 6.43 Å². The van der Waals surface area contributed by atoms with Crippen LogP contribution >= 0.6 is 0 Å². The molecule has 1 rings (SSSR count). The minimum atomic E-state index is -4.86. The lowest BCUT2D eigenvalue weighted by Crippen LogP contribution is -2.13. The molecule has 0 aromatic carbocycles. The van der Waals surface area contributed by atoms with Crippen LogP contribution in [0.4, 0.5) is 22.0 Å². The van der Waals surface area contributed by atoms with Crippen LogP contribution in [-0.2, 0) is 12.6 Å². The van der Waals surface area contributed by atoms with Gasteiger partial charge in [-0.1, -0.05) is 0 Å². The van der Waals surface area contributed by atoms with E-state index >= 15 is 0 Å². The van der Waals surface area contributed by atoms with E-state index in [-0.39, 0.29) is 0 Å². The lowest BCUT2D eigenvalue weighted by atomic mass is 10.0. The van der Waals surface area contributed by atoms with Crippen LogP contribution in [0.5, 0.6) is 0 Å². The number of pyridine rings is 1. The summed E-state index contributed by atoms with van der Waals surface area (Å²) in [7, 11) is 0. The summed E-state index contributed by atoms with van der Waals surface area (Å²) < 4.78 is 62.5. The van der Waals surface area contributed by atoms with E-state index in [1.54, 1.807) is 0 Å². The van der Waals surface area contributed by atoms with Gasteiger partial charge in [-0.05, 0) is 11.6 Å². The molecule has 0 fully saturated rings. The second-order valence-electron chi connectivity index (χ2n) is 3.17. The van der Waals surface area contributed by atoms with Gasteiger partial charge in [0, 0.05) is 0 Å². The van der Waals surface area contributed by atoms with Gasteiger partial charge in [-0.25, -0.2) is 13.8 Å². The summed E-state index contributed by atoms with van der Waals surface area (Å²) in [6.07, 6.45) is -8.69. The number of aromatic nitrogens is 1. The Balaban J connectivity index is 3.56. The molecule has 1 aromatic heterocycles. The van der Waals surface area contributed by atoms with Crippen LogP contribution in [0.15, 0.2) is 6.07 Å². The Morgan fingerprint density at radius 3 is 2.28 bits per heavy atom. The third-order valence-electron chi connectivity index (χ3n) is 2.03. The molecule has 0 aliphatic carbocycles. The van der Waals surface area contributed by atoms with Crippen LogP contribution in [0, 0.1) is 22.7 Å². The highest BCUT2D eigenvalue weighted by molar-refractivity contribution is 5.42. The quantitative estimate of drug-likeness (QED) is 0.769. The van der Waals surface area contributed by atoms with E-state index in [0.29, 0.717) is 6.07 Å². The van der Waals surface area contributed by atoms with Gasteiger partial charge in [-0.2, -0.15) is 23.7 Å². The maximum absolute atomic E-state index is 12.6. The van der Waals surface area contributed by atoms with E-state index in [1.807, 2.05) is 0 Å². The highest BCUT2D eigenvalue weighted by atomic mass is 19.4. The first kappa shape index (κ1) is 13.8. The fraction of sp³-hybridized carbons (Fsp3) is 0.300. The lowest BCUT2D eigenvalue weighted by Gasteiger charge is -2.12. The van der Waals surface area contributed by atoms with Crippen LogP contribution < -0.4 is 0 Å².